The van der Waals surface area contributed by atoms with E-state index in [1.807, 2.05) is 0 Å². The van der Waals surface area contributed by atoms with Gasteiger partial charge in [-0.3, -0.25) is 4.79 Å². The Bertz CT molecular complexity index is 1050. The Balaban J connectivity index is 1.64. The molecule has 168 valence electrons. The van der Waals surface area contributed by atoms with Crippen molar-refractivity contribution in [3.63, 3.8) is 0 Å². The molecule has 0 unspecified atom stereocenters. The summed E-state index contributed by atoms with van der Waals surface area (Å²) in [6, 6.07) is 6.23. The second-order valence-corrected chi connectivity index (χ2v) is 10.4. The molecule has 3 rings (SSSR count). The summed E-state index contributed by atoms with van der Waals surface area (Å²) in [5.74, 6) is 0.893. The van der Waals surface area contributed by atoms with Crippen molar-refractivity contribution in [2.75, 3.05) is 50.7 Å². The van der Waals surface area contributed by atoms with Crippen molar-refractivity contribution in [2.24, 2.45) is 0 Å². The molecule has 1 aromatic carbocycles. The fourth-order valence-electron chi connectivity index (χ4n) is 2.86. The Kier molecular flexibility index (Phi) is 7.81. The van der Waals surface area contributed by atoms with Crippen molar-refractivity contribution in [3.05, 3.63) is 34.5 Å². The number of benzene rings is 1. The molecule has 0 bridgehead atoms. The Morgan fingerprint density at radius 1 is 1.13 bits per heavy atom. The Labute approximate surface area is 188 Å². The van der Waals surface area contributed by atoms with E-state index in [1.165, 1.54) is 30.0 Å². The normalized spacial score (nSPS) is 14.6. The third kappa shape index (κ3) is 5.50. The number of thioether (sulfide) groups is 1. The van der Waals surface area contributed by atoms with Crippen LogP contribution in [0.2, 0.25) is 0 Å². The molecule has 1 aliphatic heterocycles. The zero-order valence-corrected chi connectivity index (χ0v) is 19.4. The minimum absolute atomic E-state index is 0.0481. The first-order valence-corrected chi connectivity index (χ1v) is 12.7. The Morgan fingerprint density at radius 2 is 1.87 bits per heavy atom. The van der Waals surface area contributed by atoms with Crippen LogP contribution in [0.4, 0.5) is 5.69 Å². The molecular formula is C19H22N2O7S3. The van der Waals surface area contributed by atoms with E-state index in [2.05, 4.69) is 5.32 Å². The molecular weight excluding hydrogens is 464 g/mol. The van der Waals surface area contributed by atoms with Crippen LogP contribution in [0, 0.1) is 0 Å². The van der Waals surface area contributed by atoms with Crippen LogP contribution in [0.25, 0.3) is 0 Å². The van der Waals surface area contributed by atoms with Crippen molar-refractivity contribution in [3.8, 4) is 11.5 Å². The maximum Gasteiger partial charge on any atom is 0.350 e. The maximum absolute atomic E-state index is 12.9. The van der Waals surface area contributed by atoms with Crippen LogP contribution >= 0.6 is 23.1 Å². The van der Waals surface area contributed by atoms with Crippen molar-refractivity contribution in [1.82, 2.24) is 4.31 Å². The molecule has 2 aromatic rings. The Hall–Kier alpha value is -2.28. The molecule has 0 spiro atoms. The Morgan fingerprint density at radius 3 is 2.55 bits per heavy atom. The van der Waals surface area contributed by atoms with Gasteiger partial charge in [0, 0.05) is 30.7 Å². The van der Waals surface area contributed by atoms with E-state index in [0.717, 1.165) is 11.3 Å². The molecule has 12 heteroatoms. The van der Waals surface area contributed by atoms with Gasteiger partial charge in [-0.1, -0.05) is 0 Å². The minimum atomic E-state index is -3.80. The summed E-state index contributed by atoms with van der Waals surface area (Å²) in [7, 11) is -0.838. The first kappa shape index (κ1) is 23.4. The summed E-state index contributed by atoms with van der Waals surface area (Å²) in [6.07, 6.45) is 0. The number of esters is 1. The highest BCUT2D eigenvalue weighted by Gasteiger charge is 2.31. The van der Waals surface area contributed by atoms with Crippen LogP contribution in [0.1, 0.15) is 9.67 Å². The topological polar surface area (TPSA) is 111 Å². The standard InChI is InChI=1S/C19H22N2O7S3/c1-26-13-3-4-14(15(11-13)27-2)20-17(22)12-28-19(23)18-16(5-8-30-18)31(24,25)21-6-9-29-10-7-21/h3-5,8,11H,6-7,9-10,12H2,1-2H3,(H,20,22). The summed E-state index contributed by atoms with van der Waals surface area (Å²) in [4.78, 5) is 24.6. The second-order valence-electron chi connectivity index (χ2n) is 6.32. The van der Waals surface area contributed by atoms with Gasteiger partial charge in [0.25, 0.3) is 5.91 Å². The quantitative estimate of drug-likeness (QED) is 0.566. The van der Waals surface area contributed by atoms with Gasteiger partial charge >= 0.3 is 5.97 Å². The average Bonchev–Trinajstić information content (AvgIpc) is 3.29. The van der Waals surface area contributed by atoms with Crippen LogP contribution in [0.5, 0.6) is 11.5 Å². The molecule has 0 saturated carbocycles. The summed E-state index contributed by atoms with van der Waals surface area (Å²) in [6.45, 7) is 0.207. The SMILES string of the molecule is COc1ccc(NC(=O)COC(=O)c2sccc2S(=O)(=O)N2CCSCC2)c(OC)c1. The van der Waals surface area contributed by atoms with Crippen molar-refractivity contribution in [2.45, 2.75) is 4.90 Å². The highest BCUT2D eigenvalue weighted by atomic mass is 32.2. The van der Waals surface area contributed by atoms with Crippen molar-refractivity contribution >= 4 is 50.7 Å². The van der Waals surface area contributed by atoms with Gasteiger partial charge in [0.2, 0.25) is 10.0 Å². The average molecular weight is 487 g/mol. The minimum Gasteiger partial charge on any atom is -0.497 e. The number of anilines is 1. The maximum atomic E-state index is 12.9. The number of carbonyl (C=O) groups is 2. The molecule has 0 aliphatic carbocycles. The first-order chi connectivity index (χ1) is 14.9. The zero-order chi connectivity index (χ0) is 22.4. The van der Waals surface area contributed by atoms with Gasteiger partial charge in [0.05, 0.1) is 19.9 Å². The molecule has 1 saturated heterocycles. The second kappa shape index (κ2) is 10.4. The van der Waals surface area contributed by atoms with Gasteiger partial charge in [-0.2, -0.15) is 16.1 Å². The predicted molar refractivity (Wildman–Crippen MR) is 119 cm³/mol. The van der Waals surface area contributed by atoms with Gasteiger partial charge in [-0.05, 0) is 23.6 Å². The number of hydrogen-bond donors (Lipinski definition) is 1. The number of nitrogens with zero attached hydrogens (tertiary/aromatic N) is 1. The number of amides is 1. The number of thiophene rings is 1. The molecule has 31 heavy (non-hydrogen) atoms. The summed E-state index contributed by atoms with van der Waals surface area (Å²) >= 11 is 2.65. The number of methoxy groups -OCH3 is 2. The number of hydrogen-bond acceptors (Lipinski definition) is 9. The molecule has 1 aromatic heterocycles. The van der Waals surface area contributed by atoms with Gasteiger partial charge in [0.1, 0.15) is 21.3 Å². The molecule has 1 N–H and O–H groups in total. The monoisotopic (exact) mass is 486 g/mol. The lowest BCUT2D eigenvalue weighted by Gasteiger charge is -2.25. The van der Waals surface area contributed by atoms with E-state index < -0.39 is 28.5 Å². The van der Waals surface area contributed by atoms with Crippen LogP contribution in [-0.2, 0) is 19.6 Å². The summed E-state index contributed by atoms with van der Waals surface area (Å²) < 4.78 is 42.5. The fourth-order valence-corrected chi connectivity index (χ4v) is 6.72. The summed E-state index contributed by atoms with van der Waals surface area (Å²) in [5.41, 5.74) is 0.381. The van der Waals surface area contributed by atoms with E-state index in [4.69, 9.17) is 14.2 Å². The van der Waals surface area contributed by atoms with E-state index in [0.29, 0.717) is 41.8 Å². The molecule has 9 nitrogen and oxygen atoms in total. The summed E-state index contributed by atoms with van der Waals surface area (Å²) in [5, 5.41) is 4.11. The lowest BCUT2D eigenvalue weighted by atomic mass is 10.2. The van der Waals surface area contributed by atoms with Gasteiger partial charge in [-0.25, -0.2) is 13.2 Å². The van der Waals surface area contributed by atoms with Crippen LogP contribution in [0.15, 0.2) is 34.5 Å². The smallest absolute Gasteiger partial charge is 0.350 e. The lowest BCUT2D eigenvalue weighted by Crippen LogP contribution is -2.38. The number of nitrogens with one attached hydrogen (secondary N) is 1. The van der Waals surface area contributed by atoms with Crippen LogP contribution in [0.3, 0.4) is 0 Å². The largest absolute Gasteiger partial charge is 0.497 e. The van der Waals surface area contributed by atoms with Crippen LogP contribution < -0.4 is 14.8 Å². The number of carbonyl (C=O) groups excluding carboxylic acids is 2. The highest BCUT2D eigenvalue weighted by molar-refractivity contribution is 7.99. The van der Waals surface area contributed by atoms with Gasteiger partial charge < -0.3 is 19.5 Å². The van der Waals surface area contributed by atoms with Gasteiger partial charge in [-0.15, -0.1) is 11.3 Å². The van der Waals surface area contributed by atoms with E-state index in [-0.39, 0.29) is 9.77 Å². The molecule has 0 radical (unpaired) electrons. The van der Waals surface area contributed by atoms with Crippen molar-refractivity contribution in [1.29, 1.82) is 0 Å². The molecule has 0 atom stereocenters. The molecule has 1 amide bonds. The predicted octanol–water partition coefficient (Wildman–Crippen LogP) is 2.30. The number of rotatable bonds is 8. The first-order valence-electron chi connectivity index (χ1n) is 9.21. The van der Waals surface area contributed by atoms with E-state index in [1.54, 1.807) is 30.0 Å². The van der Waals surface area contributed by atoms with Crippen LogP contribution in [-0.4, -0.2) is 70.0 Å². The number of sulfonamides is 1. The fraction of sp³-hybridized carbons (Fsp3) is 0.368. The molecule has 1 fully saturated rings. The number of ether oxygens (including phenoxy) is 3. The third-order valence-corrected chi connectivity index (χ3v) is 8.33. The molecule has 2 heterocycles. The van der Waals surface area contributed by atoms with E-state index >= 15 is 0 Å². The van der Waals surface area contributed by atoms with E-state index in [9.17, 15) is 18.0 Å². The lowest BCUT2D eigenvalue weighted by molar-refractivity contribution is -0.119. The highest BCUT2D eigenvalue weighted by Crippen LogP contribution is 2.29. The zero-order valence-electron chi connectivity index (χ0n) is 17.0. The third-order valence-electron chi connectivity index (χ3n) is 4.42. The molecule has 1 aliphatic rings. The van der Waals surface area contributed by atoms with Crippen molar-refractivity contribution < 1.29 is 32.2 Å². The van der Waals surface area contributed by atoms with Gasteiger partial charge in [0.15, 0.2) is 6.61 Å².